The molecular weight excluding hydrogens is 340 g/mol. The maximum absolute atomic E-state index is 5.47. The van der Waals surface area contributed by atoms with E-state index in [-0.39, 0.29) is 0 Å². The summed E-state index contributed by atoms with van der Waals surface area (Å²) in [4.78, 5) is 14.9. The fourth-order valence-corrected chi connectivity index (χ4v) is 3.74. The summed E-state index contributed by atoms with van der Waals surface area (Å²) in [6.45, 7) is 11.0. The molecule has 0 amide bonds. The van der Waals surface area contributed by atoms with Crippen LogP contribution < -0.4 is 10.2 Å². The van der Waals surface area contributed by atoms with Crippen molar-refractivity contribution < 1.29 is 9.64 Å². The summed E-state index contributed by atoms with van der Waals surface area (Å²) < 4.78 is 7.81. The van der Waals surface area contributed by atoms with Gasteiger partial charge < -0.3 is 19.5 Å². The summed E-state index contributed by atoms with van der Waals surface area (Å²) in [5.74, 6) is 0.891. The first kappa shape index (κ1) is 17.9. The van der Waals surface area contributed by atoms with Crippen LogP contribution in [0, 0.1) is 13.8 Å². The monoisotopic (exact) mass is 367 g/mol. The van der Waals surface area contributed by atoms with E-state index in [0.29, 0.717) is 6.54 Å². The van der Waals surface area contributed by atoms with E-state index in [9.17, 15) is 0 Å². The van der Waals surface area contributed by atoms with Gasteiger partial charge in [0.05, 0.1) is 31.7 Å². The van der Waals surface area contributed by atoms with Gasteiger partial charge in [-0.2, -0.15) is 0 Å². The molecule has 0 saturated carbocycles. The Morgan fingerprint density at radius 3 is 2.85 bits per heavy atom. The lowest BCUT2D eigenvalue weighted by atomic mass is 10.2. The van der Waals surface area contributed by atoms with Crippen molar-refractivity contribution in [2.75, 3.05) is 38.2 Å². The lowest BCUT2D eigenvalue weighted by Gasteiger charge is -2.24. The maximum atomic E-state index is 5.47. The van der Waals surface area contributed by atoms with Gasteiger partial charge in [0, 0.05) is 24.6 Å². The van der Waals surface area contributed by atoms with Crippen LogP contribution in [-0.2, 0) is 17.8 Å². The molecule has 1 aliphatic rings. The zero-order chi connectivity index (χ0) is 18.6. The van der Waals surface area contributed by atoms with Crippen LogP contribution in [0.25, 0.3) is 11.0 Å². The Kier molecular flexibility index (Phi) is 5.31. The van der Waals surface area contributed by atoms with Gasteiger partial charge in [0.2, 0.25) is 0 Å². The van der Waals surface area contributed by atoms with E-state index in [1.54, 1.807) is 17.4 Å². The summed E-state index contributed by atoms with van der Waals surface area (Å²) in [6.07, 6.45) is 5.32. The van der Waals surface area contributed by atoms with Gasteiger partial charge in [0.15, 0.2) is 0 Å². The van der Waals surface area contributed by atoms with Crippen molar-refractivity contribution in [2.45, 2.75) is 26.9 Å². The van der Waals surface area contributed by atoms with Crippen molar-refractivity contribution in [1.82, 2.24) is 19.5 Å². The number of anilines is 1. The summed E-state index contributed by atoms with van der Waals surface area (Å²) in [5.41, 5.74) is 4.66. The van der Waals surface area contributed by atoms with Crippen molar-refractivity contribution in [3.63, 3.8) is 0 Å². The SMILES string of the molecule is Cc1c(C)n(CC[NH+]2CCOCC2)c2ncnc(NCc3cccnc3)c12. The van der Waals surface area contributed by atoms with E-state index in [4.69, 9.17) is 4.74 Å². The molecule has 1 aliphatic heterocycles. The summed E-state index contributed by atoms with van der Waals surface area (Å²) in [6, 6.07) is 4.01. The van der Waals surface area contributed by atoms with Crippen molar-refractivity contribution in [3.8, 4) is 0 Å². The number of hydrogen-bond donors (Lipinski definition) is 2. The molecule has 3 aromatic heterocycles. The largest absolute Gasteiger partial charge is 0.370 e. The highest BCUT2D eigenvalue weighted by Gasteiger charge is 2.19. The maximum Gasteiger partial charge on any atom is 0.146 e. The molecule has 1 saturated heterocycles. The molecule has 3 aromatic rings. The molecule has 142 valence electrons. The molecule has 0 radical (unpaired) electrons. The minimum absolute atomic E-state index is 0.696. The standard InChI is InChI=1S/C20H26N6O/c1-15-16(2)26(7-6-25-8-10-27-11-9-25)20-18(15)19(23-14-24-20)22-13-17-4-3-5-21-12-17/h3-5,12,14H,6-11,13H2,1-2H3,(H,22,23,24)/p+1. The van der Waals surface area contributed by atoms with Gasteiger partial charge >= 0.3 is 0 Å². The molecule has 0 aromatic carbocycles. The molecule has 4 heterocycles. The van der Waals surface area contributed by atoms with Gasteiger partial charge in [-0.25, -0.2) is 9.97 Å². The Morgan fingerprint density at radius 2 is 2.07 bits per heavy atom. The molecule has 0 spiro atoms. The second kappa shape index (κ2) is 8.02. The van der Waals surface area contributed by atoms with Crippen LogP contribution in [0.4, 0.5) is 5.82 Å². The number of pyridine rings is 1. The van der Waals surface area contributed by atoms with E-state index in [1.165, 1.54) is 11.3 Å². The van der Waals surface area contributed by atoms with Crippen LogP contribution >= 0.6 is 0 Å². The number of aromatic nitrogens is 4. The van der Waals surface area contributed by atoms with E-state index in [1.807, 2.05) is 12.3 Å². The first-order chi connectivity index (χ1) is 13.2. The number of quaternary nitrogens is 1. The molecule has 2 N–H and O–H groups in total. The zero-order valence-corrected chi connectivity index (χ0v) is 16.0. The average molecular weight is 367 g/mol. The van der Waals surface area contributed by atoms with Gasteiger partial charge in [-0.15, -0.1) is 0 Å². The normalized spacial score (nSPS) is 15.3. The van der Waals surface area contributed by atoms with Crippen LogP contribution in [0.2, 0.25) is 0 Å². The van der Waals surface area contributed by atoms with Crippen LogP contribution in [0.5, 0.6) is 0 Å². The zero-order valence-electron chi connectivity index (χ0n) is 16.0. The number of hydrogen-bond acceptors (Lipinski definition) is 5. The quantitative estimate of drug-likeness (QED) is 0.680. The highest BCUT2D eigenvalue weighted by molar-refractivity contribution is 5.91. The number of fused-ring (bicyclic) bond motifs is 1. The molecule has 0 unspecified atom stereocenters. The number of ether oxygens (including phenoxy) is 1. The second-order valence-electron chi connectivity index (χ2n) is 7.11. The Hall–Kier alpha value is -2.51. The highest BCUT2D eigenvalue weighted by atomic mass is 16.5. The van der Waals surface area contributed by atoms with Gasteiger partial charge in [-0.3, -0.25) is 4.98 Å². The van der Waals surface area contributed by atoms with Crippen molar-refractivity contribution >= 4 is 16.9 Å². The Morgan fingerprint density at radius 1 is 1.22 bits per heavy atom. The van der Waals surface area contributed by atoms with Crippen LogP contribution in [0.1, 0.15) is 16.8 Å². The van der Waals surface area contributed by atoms with Crippen molar-refractivity contribution in [3.05, 3.63) is 47.7 Å². The molecule has 0 aliphatic carbocycles. The topological polar surface area (TPSA) is 69.3 Å². The molecule has 4 rings (SSSR count). The molecule has 27 heavy (non-hydrogen) atoms. The van der Waals surface area contributed by atoms with E-state index in [0.717, 1.165) is 61.8 Å². The smallest absolute Gasteiger partial charge is 0.146 e. The highest BCUT2D eigenvalue weighted by Crippen LogP contribution is 2.28. The van der Waals surface area contributed by atoms with Gasteiger partial charge in [-0.05, 0) is 31.0 Å². The Labute approximate surface area is 159 Å². The molecule has 1 fully saturated rings. The number of nitrogens with zero attached hydrogens (tertiary/aromatic N) is 4. The van der Waals surface area contributed by atoms with Crippen LogP contribution in [-0.4, -0.2) is 52.4 Å². The number of morpholine rings is 1. The third-order valence-corrected chi connectivity index (χ3v) is 5.48. The molecule has 0 atom stereocenters. The van der Waals surface area contributed by atoms with E-state index >= 15 is 0 Å². The predicted octanol–water partition coefficient (Wildman–Crippen LogP) is 0.970. The number of aryl methyl sites for hydroxylation is 1. The van der Waals surface area contributed by atoms with Crippen LogP contribution in [0.3, 0.4) is 0 Å². The molecular formula is C20H27N6O+. The third kappa shape index (κ3) is 3.79. The van der Waals surface area contributed by atoms with E-state index < -0.39 is 0 Å². The summed E-state index contributed by atoms with van der Waals surface area (Å²) in [7, 11) is 0. The first-order valence-electron chi connectivity index (χ1n) is 9.58. The number of nitrogens with one attached hydrogen (secondary N) is 2. The summed E-state index contributed by atoms with van der Waals surface area (Å²) in [5, 5.41) is 4.59. The first-order valence-corrected chi connectivity index (χ1v) is 9.58. The fraction of sp³-hybridized carbons (Fsp3) is 0.450. The molecule has 7 nitrogen and oxygen atoms in total. The lowest BCUT2D eigenvalue weighted by Crippen LogP contribution is -3.14. The van der Waals surface area contributed by atoms with Crippen molar-refractivity contribution in [2.24, 2.45) is 0 Å². The fourth-order valence-electron chi connectivity index (χ4n) is 3.74. The third-order valence-electron chi connectivity index (χ3n) is 5.48. The average Bonchev–Trinajstić information content (AvgIpc) is 2.97. The van der Waals surface area contributed by atoms with Gasteiger partial charge in [0.25, 0.3) is 0 Å². The minimum atomic E-state index is 0.696. The van der Waals surface area contributed by atoms with Crippen molar-refractivity contribution in [1.29, 1.82) is 0 Å². The second-order valence-corrected chi connectivity index (χ2v) is 7.11. The number of rotatable bonds is 6. The van der Waals surface area contributed by atoms with E-state index in [2.05, 4.69) is 44.7 Å². The summed E-state index contributed by atoms with van der Waals surface area (Å²) >= 11 is 0. The van der Waals surface area contributed by atoms with Crippen LogP contribution in [0.15, 0.2) is 30.9 Å². The van der Waals surface area contributed by atoms with Gasteiger partial charge in [0.1, 0.15) is 30.9 Å². The molecule has 0 bridgehead atoms. The Bertz CT molecular complexity index is 902. The predicted molar refractivity (Wildman–Crippen MR) is 105 cm³/mol. The minimum Gasteiger partial charge on any atom is -0.370 e. The van der Waals surface area contributed by atoms with Gasteiger partial charge in [-0.1, -0.05) is 6.07 Å². The Balaban J connectivity index is 1.57. The molecule has 7 heteroatoms. The lowest BCUT2D eigenvalue weighted by molar-refractivity contribution is -0.908.